The Hall–Kier alpha value is -1.08. The number of hydrogen-bond acceptors (Lipinski definition) is 3. The van der Waals surface area contributed by atoms with E-state index in [2.05, 4.69) is 30.6 Å². The van der Waals surface area contributed by atoms with E-state index in [9.17, 15) is 4.79 Å². The van der Waals surface area contributed by atoms with Gasteiger partial charge in [0.05, 0.1) is 18.0 Å². The van der Waals surface area contributed by atoms with Crippen LogP contribution in [0.5, 0.6) is 0 Å². The summed E-state index contributed by atoms with van der Waals surface area (Å²) in [6.45, 7) is 10.0. The lowest BCUT2D eigenvalue weighted by Gasteiger charge is -2.14. The monoisotopic (exact) mass is 253 g/mol. The maximum atomic E-state index is 11.4. The zero-order chi connectivity index (χ0) is 14.0. The van der Waals surface area contributed by atoms with Crippen molar-refractivity contribution >= 4 is 5.91 Å². The minimum Gasteiger partial charge on any atom is -0.355 e. The molecule has 4 heteroatoms. The fraction of sp³-hybridized carbons (Fsp3) is 0.857. The van der Waals surface area contributed by atoms with Crippen LogP contribution in [0.15, 0.2) is 0 Å². The van der Waals surface area contributed by atoms with Gasteiger partial charge in [-0.1, -0.05) is 20.3 Å². The lowest BCUT2D eigenvalue weighted by Crippen LogP contribution is -2.36. The molecule has 18 heavy (non-hydrogen) atoms. The van der Waals surface area contributed by atoms with Crippen molar-refractivity contribution in [1.29, 1.82) is 5.26 Å². The van der Waals surface area contributed by atoms with Crippen LogP contribution >= 0.6 is 0 Å². The van der Waals surface area contributed by atoms with Gasteiger partial charge in [-0.3, -0.25) is 4.79 Å². The zero-order valence-electron chi connectivity index (χ0n) is 12.2. The largest absolute Gasteiger partial charge is 0.355 e. The van der Waals surface area contributed by atoms with Crippen LogP contribution in [0.2, 0.25) is 0 Å². The van der Waals surface area contributed by atoms with Crippen molar-refractivity contribution < 1.29 is 4.79 Å². The van der Waals surface area contributed by atoms with Crippen molar-refractivity contribution in [2.75, 3.05) is 19.6 Å². The highest BCUT2D eigenvalue weighted by molar-refractivity contribution is 5.77. The van der Waals surface area contributed by atoms with Crippen molar-refractivity contribution in [1.82, 2.24) is 10.6 Å². The highest BCUT2D eigenvalue weighted by Gasteiger charge is 2.15. The molecule has 0 atom stereocenters. The molecule has 0 rings (SSSR count). The summed E-state index contributed by atoms with van der Waals surface area (Å²) in [5.41, 5.74) is -0.228. The minimum atomic E-state index is -0.228. The Morgan fingerprint density at radius 3 is 2.56 bits per heavy atom. The van der Waals surface area contributed by atoms with Crippen molar-refractivity contribution in [3.05, 3.63) is 0 Å². The number of hydrogen-bond donors (Lipinski definition) is 2. The van der Waals surface area contributed by atoms with Gasteiger partial charge in [0.2, 0.25) is 5.91 Å². The van der Waals surface area contributed by atoms with Gasteiger partial charge in [0, 0.05) is 6.54 Å². The van der Waals surface area contributed by atoms with Crippen LogP contribution in [-0.4, -0.2) is 25.5 Å². The Kier molecular flexibility index (Phi) is 8.40. The summed E-state index contributed by atoms with van der Waals surface area (Å²) in [6, 6.07) is 2.29. The van der Waals surface area contributed by atoms with Crippen LogP contribution in [0.1, 0.15) is 47.0 Å². The first-order valence-corrected chi connectivity index (χ1v) is 6.76. The minimum absolute atomic E-state index is 0.0565. The van der Waals surface area contributed by atoms with E-state index < -0.39 is 0 Å². The van der Waals surface area contributed by atoms with Crippen LogP contribution < -0.4 is 10.6 Å². The second kappa shape index (κ2) is 8.93. The highest BCUT2D eigenvalue weighted by atomic mass is 16.1. The third-order valence-corrected chi connectivity index (χ3v) is 2.70. The Balaban J connectivity index is 3.41. The summed E-state index contributed by atoms with van der Waals surface area (Å²) in [6.07, 6.45) is 2.93. The topological polar surface area (TPSA) is 64.9 Å². The van der Waals surface area contributed by atoms with Crippen LogP contribution in [0.25, 0.3) is 0 Å². The van der Waals surface area contributed by atoms with Crippen molar-refractivity contribution in [2.45, 2.75) is 47.0 Å². The molecule has 0 fully saturated rings. The van der Waals surface area contributed by atoms with E-state index in [1.165, 1.54) is 0 Å². The lowest BCUT2D eigenvalue weighted by atomic mass is 9.89. The Morgan fingerprint density at radius 2 is 2.00 bits per heavy atom. The molecular weight excluding hydrogens is 226 g/mol. The summed E-state index contributed by atoms with van der Waals surface area (Å²) < 4.78 is 0. The van der Waals surface area contributed by atoms with Gasteiger partial charge in [-0.15, -0.1) is 0 Å². The van der Waals surface area contributed by atoms with Crippen LogP contribution in [0.3, 0.4) is 0 Å². The molecule has 1 amide bonds. The van der Waals surface area contributed by atoms with Crippen LogP contribution in [0.4, 0.5) is 0 Å². The van der Waals surface area contributed by atoms with Crippen molar-refractivity contribution in [3.63, 3.8) is 0 Å². The predicted octanol–water partition coefficient (Wildman–Crippen LogP) is 2.07. The van der Waals surface area contributed by atoms with Gasteiger partial charge in [-0.05, 0) is 39.2 Å². The van der Waals surface area contributed by atoms with E-state index in [0.717, 1.165) is 32.4 Å². The van der Waals surface area contributed by atoms with E-state index in [1.807, 2.05) is 13.8 Å². The number of unbranched alkanes of at least 4 members (excludes halogenated alkanes) is 1. The fourth-order valence-corrected chi connectivity index (χ4v) is 1.46. The molecular formula is C14H27N3O. The molecule has 0 saturated carbocycles. The first-order valence-electron chi connectivity index (χ1n) is 6.76. The molecule has 4 nitrogen and oxygen atoms in total. The molecule has 0 heterocycles. The first kappa shape index (κ1) is 16.9. The number of carbonyl (C=O) groups excluding carboxylic acids is 1. The van der Waals surface area contributed by atoms with Gasteiger partial charge >= 0.3 is 0 Å². The number of nitrogens with one attached hydrogen (secondary N) is 2. The highest BCUT2D eigenvalue weighted by Crippen LogP contribution is 2.21. The second-order valence-corrected chi connectivity index (χ2v) is 5.83. The summed E-state index contributed by atoms with van der Waals surface area (Å²) in [7, 11) is 0. The standard InChI is InChI=1S/C14H27N3O/c1-12(2)9-17-13(18)10-16-8-6-5-7-14(3,4)11-15/h12,16H,5-10H2,1-4H3,(H,17,18). The van der Waals surface area contributed by atoms with Crippen molar-refractivity contribution in [3.8, 4) is 6.07 Å². The first-order chi connectivity index (χ1) is 8.37. The third-order valence-electron chi connectivity index (χ3n) is 2.70. The molecule has 0 unspecified atom stereocenters. The number of rotatable bonds is 9. The van der Waals surface area contributed by atoms with Gasteiger partial charge in [-0.25, -0.2) is 0 Å². The SMILES string of the molecule is CC(C)CNC(=O)CNCCCCC(C)(C)C#N. The van der Waals surface area contributed by atoms with Gasteiger partial charge in [0.1, 0.15) is 0 Å². The Morgan fingerprint density at radius 1 is 1.33 bits per heavy atom. The molecule has 0 aromatic carbocycles. The lowest BCUT2D eigenvalue weighted by molar-refractivity contribution is -0.120. The number of nitriles is 1. The van der Waals surface area contributed by atoms with Gasteiger partial charge in [0.25, 0.3) is 0 Å². The van der Waals surface area contributed by atoms with Crippen molar-refractivity contribution in [2.24, 2.45) is 11.3 Å². The average molecular weight is 253 g/mol. The smallest absolute Gasteiger partial charge is 0.233 e. The van der Waals surface area contributed by atoms with Crippen LogP contribution in [0, 0.1) is 22.7 Å². The second-order valence-electron chi connectivity index (χ2n) is 5.83. The molecule has 0 saturated heterocycles. The van der Waals surface area contributed by atoms with Gasteiger partial charge in [0.15, 0.2) is 0 Å². The van der Waals surface area contributed by atoms with E-state index in [4.69, 9.17) is 5.26 Å². The van der Waals surface area contributed by atoms with Gasteiger partial charge < -0.3 is 10.6 Å². The predicted molar refractivity (Wildman–Crippen MR) is 74.0 cm³/mol. The number of carbonyl (C=O) groups is 1. The summed E-state index contributed by atoms with van der Waals surface area (Å²) >= 11 is 0. The average Bonchev–Trinajstić information content (AvgIpc) is 2.31. The molecule has 0 radical (unpaired) electrons. The number of amides is 1. The summed E-state index contributed by atoms with van der Waals surface area (Å²) in [4.78, 5) is 11.4. The molecule has 104 valence electrons. The maximum absolute atomic E-state index is 11.4. The third kappa shape index (κ3) is 10.1. The molecule has 2 N–H and O–H groups in total. The summed E-state index contributed by atoms with van der Waals surface area (Å²) in [5, 5.41) is 14.8. The van der Waals surface area contributed by atoms with Crippen LogP contribution in [-0.2, 0) is 4.79 Å². The fourth-order valence-electron chi connectivity index (χ4n) is 1.46. The molecule has 0 spiro atoms. The molecule has 0 aliphatic carbocycles. The van der Waals surface area contributed by atoms with Gasteiger partial charge in [-0.2, -0.15) is 5.26 Å². The molecule has 0 aliphatic heterocycles. The molecule has 0 bridgehead atoms. The Labute approximate surface area is 111 Å². The molecule has 0 aromatic rings. The normalized spacial score (nSPS) is 11.3. The maximum Gasteiger partial charge on any atom is 0.233 e. The molecule has 0 aromatic heterocycles. The molecule has 0 aliphatic rings. The number of nitrogens with zero attached hydrogens (tertiary/aromatic N) is 1. The quantitative estimate of drug-likeness (QED) is 0.618. The summed E-state index contributed by atoms with van der Waals surface area (Å²) in [5.74, 6) is 0.545. The zero-order valence-corrected chi connectivity index (χ0v) is 12.2. The van der Waals surface area contributed by atoms with E-state index >= 15 is 0 Å². The van der Waals surface area contributed by atoms with E-state index in [-0.39, 0.29) is 11.3 Å². The van der Waals surface area contributed by atoms with E-state index in [0.29, 0.717) is 12.5 Å². The Bertz CT molecular complexity index is 279. The van der Waals surface area contributed by atoms with E-state index in [1.54, 1.807) is 0 Å².